The molecule has 1 amide bonds. The highest BCUT2D eigenvalue weighted by molar-refractivity contribution is 6.06. The number of nitrogens with one attached hydrogen (secondary N) is 1. The Hall–Kier alpha value is -3.74. The molecule has 7 heteroatoms. The van der Waals surface area contributed by atoms with E-state index in [0.717, 1.165) is 16.9 Å². The summed E-state index contributed by atoms with van der Waals surface area (Å²) in [5.41, 5.74) is 3.19. The molecule has 152 valence electrons. The summed E-state index contributed by atoms with van der Waals surface area (Å²) in [5, 5.41) is 8.06. The third-order valence-electron chi connectivity index (χ3n) is 5.33. The predicted molar refractivity (Wildman–Crippen MR) is 113 cm³/mol. The van der Waals surface area contributed by atoms with E-state index in [1.807, 2.05) is 38.1 Å². The van der Waals surface area contributed by atoms with Gasteiger partial charge in [-0.15, -0.1) is 0 Å². The van der Waals surface area contributed by atoms with Gasteiger partial charge in [0.15, 0.2) is 0 Å². The van der Waals surface area contributed by atoms with Gasteiger partial charge in [0.2, 0.25) is 0 Å². The number of pyridine rings is 1. The standard InChI is InChI=1S/C23H21FN4O2/c1-14(20-13-25-28(15(20)2)17-10-8-16(24)9-11-17)26-23(30)19-12-22(29)27(3)21-7-5-4-6-18(19)21/h4-14H,1-3H3,(H,26,30). The Balaban J connectivity index is 1.64. The van der Waals surface area contributed by atoms with E-state index in [9.17, 15) is 14.0 Å². The van der Waals surface area contributed by atoms with E-state index in [1.165, 1.54) is 22.8 Å². The maximum absolute atomic E-state index is 13.2. The smallest absolute Gasteiger partial charge is 0.252 e. The summed E-state index contributed by atoms with van der Waals surface area (Å²) < 4.78 is 16.4. The number of carbonyl (C=O) groups is 1. The molecule has 4 aromatic rings. The summed E-state index contributed by atoms with van der Waals surface area (Å²) in [7, 11) is 1.68. The minimum Gasteiger partial charge on any atom is -0.345 e. The summed E-state index contributed by atoms with van der Waals surface area (Å²) in [4.78, 5) is 25.3. The van der Waals surface area contributed by atoms with Crippen molar-refractivity contribution < 1.29 is 9.18 Å². The second kappa shape index (κ2) is 7.59. The van der Waals surface area contributed by atoms with Crippen LogP contribution in [0.4, 0.5) is 4.39 Å². The zero-order chi connectivity index (χ0) is 21.4. The molecular formula is C23H21FN4O2. The van der Waals surface area contributed by atoms with Crippen molar-refractivity contribution in [3.8, 4) is 5.69 Å². The minimum absolute atomic E-state index is 0.244. The Labute approximate surface area is 172 Å². The van der Waals surface area contributed by atoms with E-state index < -0.39 is 0 Å². The normalized spacial score (nSPS) is 12.1. The molecule has 0 fully saturated rings. The molecule has 0 spiro atoms. The van der Waals surface area contributed by atoms with Gasteiger partial charge in [0, 0.05) is 29.8 Å². The Morgan fingerprint density at radius 1 is 1.13 bits per heavy atom. The number of rotatable bonds is 4. The molecule has 0 saturated carbocycles. The maximum Gasteiger partial charge on any atom is 0.252 e. The first kappa shape index (κ1) is 19.6. The topological polar surface area (TPSA) is 68.9 Å². The first-order valence-corrected chi connectivity index (χ1v) is 9.57. The molecule has 0 aliphatic carbocycles. The van der Waals surface area contributed by atoms with E-state index in [-0.39, 0.29) is 23.3 Å². The first-order chi connectivity index (χ1) is 14.4. The van der Waals surface area contributed by atoms with Crippen LogP contribution < -0.4 is 10.9 Å². The summed E-state index contributed by atoms with van der Waals surface area (Å²) >= 11 is 0. The van der Waals surface area contributed by atoms with Gasteiger partial charge in [-0.2, -0.15) is 5.10 Å². The van der Waals surface area contributed by atoms with Gasteiger partial charge in [0.05, 0.1) is 29.0 Å². The molecule has 1 N–H and O–H groups in total. The average Bonchev–Trinajstić information content (AvgIpc) is 3.12. The van der Waals surface area contributed by atoms with E-state index in [1.54, 1.807) is 30.1 Å². The van der Waals surface area contributed by atoms with Crippen molar-refractivity contribution >= 4 is 16.8 Å². The molecule has 0 radical (unpaired) electrons. The molecule has 0 aliphatic rings. The molecule has 1 atom stereocenters. The van der Waals surface area contributed by atoms with Gasteiger partial charge in [-0.25, -0.2) is 9.07 Å². The van der Waals surface area contributed by atoms with Crippen LogP contribution in [0, 0.1) is 12.7 Å². The van der Waals surface area contributed by atoms with Gasteiger partial charge in [-0.3, -0.25) is 9.59 Å². The average molecular weight is 404 g/mol. The highest BCUT2D eigenvalue weighted by Gasteiger charge is 2.19. The zero-order valence-corrected chi connectivity index (χ0v) is 16.9. The lowest BCUT2D eigenvalue weighted by Crippen LogP contribution is -2.29. The Bertz CT molecular complexity index is 1310. The van der Waals surface area contributed by atoms with Crippen LogP contribution in [-0.2, 0) is 7.05 Å². The summed E-state index contributed by atoms with van der Waals surface area (Å²) in [6.45, 7) is 3.75. The largest absolute Gasteiger partial charge is 0.345 e. The van der Waals surface area contributed by atoms with E-state index in [2.05, 4.69) is 10.4 Å². The van der Waals surface area contributed by atoms with Crippen molar-refractivity contribution in [2.24, 2.45) is 7.05 Å². The molecule has 2 aromatic carbocycles. The monoisotopic (exact) mass is 404 g/mol. The lowest BCUT2D eigenvalue weighted by Gasteiger charge is -2.16. The van der Waals surface area contributed by atoms with Gasteiger partial charge in [-0.1, -0.05) is 18.2 Å². The van der Waals surface area contributed by atoms with E-state index in [0.29, 0.717) is 16.5 Å². The fourth-order valence-corrected chi connectivity index (χ4v) is 3.64. The van der Waals surface area contributed by atoms with E-state index in [4.69, 9.17) is 0 Å². The highest BCUT2D eigenvalue weighted by atomic mass is 19.1. The molecule has 0 saturated heterocycles. The van der Waals surface area contributed by atoms with Crippen LogP contribution >= 0.6 is 0 Å². The Morgan fingerprint density at radius 3 is 2.57 bits per heavy atom. The first-order valence-electron chi connectivity index (χ1n) is 9.57. The van der Waals surface area contributed by atoms with Crippen LogP contribution in [0.15, 0.2) is 65.6 Å². The lowest BCUT2D eigenvalue weighted by molar-refractivity contribution is 0.0941. The van der Waals surface area contributed by atoms with Crippen molar-refractivity contribution in [1.82, 2.24) is 19.7 Å². The summed E-state index contributed by atoms with van der Waals surface area (Å²) in [6, 6.07) is 14.4. The highest BCUT2D eigenvalue weighted by Crippen LogP contribution is 2.22. The lowest BCUT2D eigenvalue weighted by atomic mass is 10.1. The van der Waals surface area contributed by atoms with Crippen molar-refractivity contribution in [3.63, 3.8) is 0 Å². The molecule has 2 aromatic heterocycles. The zero-order valence-electron chi connectivity index (χ0n) is 16.9. The Kier molecular flexibility index (Phi) is 4.95. The van der Waals surface area contributed by atoms with Gasteiger partial charge in [0.25, 0.3) is 11.5 Å². The minimum atomic E-state index is -0.338. The molecule has 1 unspecified atom stereocenters. The van der Waals surface area contributed by atoms with E-state index >= 15 is 0 Å². The fraction of sp³-hybridized carbons (Fsp3) is 0.174. The number of halogens is 1. The van der Waals surface area contributed by atoms with Gasteiger partial charge in [-0.05, 0) is 44.2 Å². The molecule has 0 bridgehead atoms. The molecule has 6 nitrogen and oxygen atoms in total. The second-order valence-electron chi connectivity index (χ2n) is 7.24. The Morgan fingerprint density at radius 2 is 1.83 bits per heavy atom. The van der Waals surface area contributed by atoms with Crippen LogP contribution in [0.1, 0.15) is 34.6 Å². The summed E-state index contributed by atoms with van der Waals surface area (Å²) in [5.74, 6) is -0.643. The van der Waals surface area contributed by atoms with Crippen molar-refractivity contribution in [2.45, 2.75) is 19.9 Å². The van der Waals surface area contributed by atoms with Crippen molar-refractivity contribution in [3.05, 3.63) is 93.8 Å². The number of fused-ring (bicyclic) bond motifs is 1. The predicted octanol–water partition coefficient (Wildman–Crippen LogP) is 3.66. The third kappa shape index (κ3) is 3.39. The third-order valence-corrected chi connectivity index (χ3v) is 5.33. The van der Waals surface area contributed by atoms with Crippen LogP contribution in [-0.4, -0.2) is 20.3 Å². The van der Waals surface area contributed by atoms with Crippen molar-refractivity contribution in [1.29, 1.82) is 0 Å². The number of benzene rings is 2. The number of amides is 1. The number of aromatic nitrogens is 3. The van der Waals surface area contributed by atoms with Crippen LogP contribution in [0.3, 0.4) is 0 Å². The molecular weight excluding hydrogens is 383 g/mol. The number of aryl methyl sites for hydroxylation is 1. The number of hydrogen-bond acceptors (Lipinski definition) is 3. The number of para-hydroxylation sites is 1. The maximum atomic E-state index is 13.2. The SMILES string of the molecule is Cc1c(C(C)NC(=O)c2cc(=O)n(C)c3ccccc23)cnn1-c1ccc(F)cc1. The molecule has 4 rings (SSSR count). The molecule has 0 aliphatic heterocycles. The van der Waals surface area contributed by atoms with Gasteiger partial charge < -0.3 is 9.88 Å². The van der Waals surface area contributed by atoms with Crippen molar-refractivity contribution in [2.75, 3.05) is 0 Å². The van der Waals surface area contributed by atoms with Crippen LogP contribution in [0.25, 0.3) is 16.6 Å². The van der Waals surface area contributed by atoms with Gasteiger partial charge in [0.1, 0.15) is 5.82 Å². The second-order valence-corrected chi connectivity index (χ2v) is 7.24. The molecule has 2 heterocycles. The number of nitrogens with zero attached hydrogens (tertiary/aromatic N) is 3. The van der Waals surface area contributed by atoms with Crippen LogP contribution in [0.5, 0.6) is 0 Å². The molecule has 30 heavy (non-hydrogen) atoms. The quantitative estimate of drug-likeness (QED) is 0.564. The number of carbonyl (C=O) groups excluding carboxylic acids is 1. The van der Waals surface area contributed by atoms with Gasteiger partial charge >= 0.3 is 0 Å². The fourth-order valence-electron chi connectivity index (χ4n) is 3.64. The summed E-state index contributed by atoms with van der Waals surface area (Å²) in [6.07, 6.45) is 1.69. The number of hydrogen-bond donors (Lipinski definition) is 1. The van der Waals surface area contributed by atoms with Crippen LogP contribution in [0.2, 0.25) is 0 Å².